The van der Waals surface area contributed by atoms with Gasteiger partial charge in [-0.25, -0.2) is 0 Å². The fraction of sp³-hybridized carbons (Fsp3) is 0.118. The highest BCUT2D eigenvalue weighted by Crippen LogP contribution is 2.28. The van der Waals surface area contributed by atoms with E-state index in [1.807, 2.05) is 30.3 Å². The Balaban J connectivity index is 1.66. The molecule has 0 aliphatic heterocycles. The van der Waals surface area contributed by atoms with Crippen LogP contribution in [0.5, 0.6) is 16.7 Å². The predicted molar refractivity (Wildman–Crippen MR) is 91.1 cm³/mol. The van der Waals surface area contributed by atoms with E-state index >= 15 is 0 Å². The van der Waals surface area contributed by atoms with Crippen LogP contribution in [-0.4, -0.2) is 21.4 Å². The second kappa shape index (κ2) is 7.10. The van der Waals surface area contributed by atoms with Crippen LogP contribution in [0.3, 0.4) is 0 Å². The Morgan fingerprint density at radius 2 is 1.75 bits per heavy atom. The minimum atomic E-state index is -0.687. The van der Waals surface area contributed by atoms with Crippen molar-refractivity contribution in [3.63, 3.8) is 0 Å². The quantitative estimate of drug-likeness (QED) is 0.743. The number of hydrogen-bond acceptors (Lipinski definition) is 6. The maximum absolute atomic E-state index is 11.0. The first-order valence-electron chi connectivity index (χ1n) is 7.25. The molecule has 0 spiro atoms. The third-order valence-electron chi connectivity index (χ3n) is 3.18. The lowest BCUT2D eigenvalue weighted by Crippen LogP contribution is -2.30. The molecule has 1 aromatic heterocycles. The molecule has 0 fully saturated rings. The lowest BCUT2D eigenvalue weighted by atomic mass is 10.2. The third-order valence-corrected chi connectivity index (χ3v) is 3.78. The maximum atomic E-state index is 11.0. The normalized spacial score (nSPS) is 11.7. The molecule has 2 aromatic carbocycles. The summed E-state index contributed by atoms with van der Waals surface area (Å²) in [5.41, 5.74) is 6.10. The number of amides is 1. The van der Waals surface area contributed by atoms with Crippen molar-refractivity contribution in [1.82, 2.24) is 9.36 Å². The summed E-state index contributed by atoms with van der Waals surface area (Å²) in [7, 11) is 0. The SMILES string of the molecule is CC(Oc1ccc(Oc2nc(-c3ccccc3)ns2)cc1)C(N)=O. The average molecular weight is 341 g/mol. The van der Waals surface area contributed by atoms with Crippen molar-refractivity contribution >= 4 is 17.4 Å². The first-order chi connectivity index (χ1) is 11.6. The van der Waals surface area contributed by atoms with E-state index in [0.29, 0.717) is 22.5 Å². The predicted octanol–water partition coefficient (Wildman–Crippen LogP) is 3.25. The smallest absolute Gasteiger partial charge is 0.299 e. The number of carbonyl (C=O) groups excluding carboxylic acids is 1. The number of benzene rings is 2. The lowest BCUT2D eigenvalue weighted by molar-refractivity contribution is -0.123. The van der Waals surface area contributed by atoms with E-state index in [-0.39, 0.29) is 0 Å². The van der Waals surface area contributed by atoms with Crippen molar-refractivity contribution in [2.75, 3.05) is 0 Å². The summed E-state index contributed by atoms with van der Waals surface area (Å²) in [6.45, 7) is 1.60. The Morgan fingerprint density at radius 3 is 2.42 bits per heavy atom. The summed E-state index contributed by atoms with van der Waals surface area (Å²) in [6.07, 6.45) is -0.687. The molecule has 6 nitrogen and oxygen atoms in total. The van der Waals surface area contributed by atoms with Gasteiger partial charge in [-0.1, -0.05) is 30.3 Å². The molecule has 3 aromatic rings. The molecule has 1 amide bonds. The molecule has 0 saturated carbocycles. The van der Waals surface area contributed by atoms with Gasteiger partial charge in [0.2, 0.25) is 0 Å². The van der Waals surface area contributed by atoms with E-state index in [1.165, 1.54) is 11.5 Å². The van der Waals surface area contributed by atoms with Gasteiger partial charge in [0.1, 0.15) is 11.5 Å². The number of aromatic nitrogens is 2. The molecule has 122 valence electrons. The molecule has 1 heterocycles. The van der Waals surface area contributed by atoms with Crippen LogP contribution in [0.2, 0.25) is 0 Å². The standard InChI is InChI=1S/C17H15N3O3S/c1-11(15(18)21)22-13-7-9-14(10-8-13)23-17-19-16(20-24-17)12-5-3-2-4-6-12/h2-11H,1H3,(H2,18,21). The lowest BCUT2D eigenvalue weighted by Gasteiger charge is -2.11. The molecule has 3 rings (SSSR count). The van der Waals surface area contributed by atoms with Crippen molar-refractivity contribution < 1.29 is 14.3 Å². The van der Waals surface area contributed by atoms with Crippen LogP contribution in [0.15, 0.2) is 54.6 Å². The fourth-order valence-electron chi connectivity index (χ4n) is 1.90. The first kappa shape index (κ1) is 15.9. The first-order valence-corrected chi connectivity index (χ1v) is 8.02. The monoisotopic (exact) mass is 341 g/mol. The Kier molecular flexibility index (Phi) is 4.72. The van der Waals surface area contributed by atoms with Gasteiger partial charge in [-0.15, -0.1) is 0 Å². The third kappa shape index (κ3) is 3.88. The van der Waals surface area contributed by atoms with E-state index in [4.69, 9.17) is 15.2 Å². The zero-order chi connectivity index (χ0) is 16.9. The molecule has 1 atom stereocenters. The molecule has 2 N–H and O–H groups in total. The molecule has 0 saturated heterocycles. The topological polar surface area (TPSA) is 87.3 Å². The van der Waals surface area contributed by atoms with Crippen LogP contribution in [0.25, 0.3) is 11.4 Å². The van der Waals surface area contributed by atoms with Crippen LogP contribution in [0, 0.1) is 0 Å². The van der Waals surface area contributed by atoms with Crippen molar-refractivity contribution in [3.05, 3.63) is 54.6 Å². The van der Waals surface area contributed by atoms with E-state index in [2.05, 4.69) is 9.36 Å². The number of carbonyl (C=O) groups is 1. The van der Waals surface area contributed by atoms with Crippen molar-refractivity contribution in [2.45, 2.75) is 13.0 Å². The van der Waals surface area contributed by atoms with Gasteiger partial charge in [0.25, 0.3) is 11.1 Å². The molecular formula is C17H15N3O3S. The maximum Gasteiger partial charge on any atom is 0.299 e. The summed E-state index contributed by atoms with van der Waals surface area (Å²) < 4.78 is 15.4. The van der Waals surface area contributed by atoms with E-state index in [1.54, 1.807) is 31.2 Å². The van der Waals surface area contributed by atoms with Crippen LogP contribution >= 0.6 is 11.5 Å². The fourth-order valence-corrected chi connectivity index (χ4v) is 2.48. The van der Waals surface area contributed by atoms with Gasteiger partial charge in [-0.05, 0) is 31.2 Å². The molecule has 0 radical (unpaired) electrons. The van der Waals surface area contributed by atoms with Gasteiger partial charge in [-0.3, -0.25) is 4.79 Å². The Labute approximate surface area is 143 Å². The molecule has 0 bridgehead atoms. The number of rotatable bonds is 6. The highest BCUT2D eigenvalue weighted by atomic mass is 32.1. The summed E-state index contributed by atoms with van der Waals surface area (Å²) >= 11 is 1.18. The molecule has 0 aliphatic carbocycles. The molecule has 24 heavy (non-hydrogen) atoms. The Hall–Kier alpha value is -2.93. The molecule has 0 aliphatic rings. The zero-order valence-electron chi connectivity index (χ0n) is 12.9. The van der Waals surface area contributed by atoms with Crippen LogP contribution in [0.1, 0.15) is 6.92 Å². The highest BCUT2D eigenvalue weighted by molar-refractivity contribution is 7.07. The van der Waals surface area contributed by atoms with Gasteiger partial charge >= 0.3 is 0 Å². The van der Waals surface area contributed by atoms with Crippen molar-refractivity contribution in [1.29, 1.82) is 0 Å². The van der Waals surface area contributed by atoms with Crippen LogP contribution < -0.4 is 15.2 Å². The van der Waals surface area contributed by atoms with E-state index in [0.717, 1.165) is 5.56 Å². The minimum absolute atomic E-state index is 0.452. The van der Waals surface area contributed by atoms with Crippen LogP contribution in [0.4, 0.5) is 0 Å². The van der Waals surface area contributed by atoms with Gasteiger partial charge in [0.15, 0.2) is 11.9 Å². The second-order valence-electron chi connectivity index (χ2n) is 4.99. The van der Waals surface area contributed by atoms with Gasteiger partial charge < -0.3 is 15.2 Å². The van der Waals surface area contributed by atoms with E-state index < -0.39 is 12.0 Å². The van der Waals surface area contributed by atoms with Gasteiger partial charge in [0, 0.05) is 17.1 Å². The van der Waals surface area contributed by atoms with Crippen molar-refractivity contribution in [2.24, 2.45) is 5.73 Å². The number of nitrogens with two attached hydrogens (primary N) is 1. The summed E-state index contributed by atoms with van der Waals surface area (Å²) in [5, 5.41) is 0.452. The van der Waals surface area contributed by atoms with Gasteiger partial charge in [0.05, 0.1) is 0 Å². The van der Waals surface area contributed by atoms with Crippen molar-refractivity contribution in [3.8, 4) is 28.1 Å². The Morgan fingerprint density at radius 1 is 1.08 bits per heavy atom. The second-order valence-corrected chi connectivity index (χ2v) is 5.70. The number of primary amides is 1. The number of ether oxygens (including phenoxy) is 2. The molecular weight excluding hydrogens is 326 g/mol. The zero-order valence-corrected chi connectivity index (χ0v) is 13.7. The molecule has 7 heteroatoms. The largest absolute Gasteiger partial charge is 0.481 e. The summed E-state index contributed by atoms with van der Waals surface area (Å²) in [5.74, 6) is 1.25. The summed E-state index contributed by atoms with van der Waals surface area (Å²) in [4.78, 5) is 15.4. The summed E-state index contributed by atoms with van der Waals surface area (Å²) in [6, 6.07) is 16.6. The van der Waals surface area contributed by atoms with E-state index in [9.17, 15) is 4.79 Å². The minimum Gasteiger partial charge on any atom is -0.481 e. The Bertz CT molecular complexity index is 819. The average Bonchev–Trinajstić information content (AvgIpc) is 3.06. The number of hydrogen-bond donors (Lipinski definition) is 1. The van der Waals surface area contributed by atoms with Crippen LogP contribution in [-0.2, 0) is 4.79 Å². The highest BCUT2D eigenvalue weighted by Gasteiger charge is 2.11. The van der Waals surface area contributed by atoms with Gasteiger partial charge in [-0.2, -0.15) is 9.36 Å². The molecule has 1 unspecified atom stereocenters. The number of nitrogens with zero attached hydrogens (tertiary/aromatic N) is 2.